The summed E-state index contributed by atoms with van der Waals surface area (Å²) in [6.07, 6.45) is 0. The second-order valence-electron chi connectivity index (χ2n) is 2.88. The summed E-state index contributed by atoms with van der Waals surface area (Å²) in [5.41, 5.74) is 0.764. The van der Waals surface area contributed by atoms with Crippen LogP contribution in [0.25, 0.3) is 10.6 Å². The monoisotopic (exact) mass is 258 g/mol. The molecule has 2 aromatic rings. The fourth-order valence-electron chi connectivity index (χ4n) is 1.23. The van der Waals surface area contributed by atoms with Gasteiger partial charge in [0.2, 0.25) is 0 Å². The van der Waals surface area contributed by atoms with Gasteiger partial charge in [-0.05, 0) is 17.5 Å². The van der Waals surface area contributed by atoms with E-state index in [2.05, 4.69) is 10.3 Å². The molecule has 0 aliphatic heterocycles. The van der Waals surface area contributed by atoms with Crippen molar-refractivity contribution < 1.29 is 0 Å². The first kappa shape index (κ1) is 10.7. The number of nitrogens with one attached hydrogen (secondary N) is 1. The second kappa shape index (κ2) is 4.39. The van der Waals surface area contributed by atoms with Crippen molar-refractivity contribution in [1.82, 2.24) is 4.98 Å². The number of aromatic nitrogens is 1. The van der Waals surface area contributed by atoms with Crippen LogP contribution in [0.2, 0.25) is 10.0 Å². The lowest BCUT2D eigenvalue weighted by molar-refractivity contribution is 1.30. The van der Waals surface area contributed by atoms with Gasteiger partial charge in [-0.15, -0.1) is 11.3 Å². The molecule has 2 nitrogen and oxygen atoms in total. The normalized spacial score (nSPS) is 10.3. The molecule has 0 aliphatic carbocycles. The molecule has 0 aromatic carbocycles. The summed E-state index contributed by atoms with van der Waals surface area (Å²) in [5.74, 6) is 0.643. The van der Waals surface area contributed by atoms with Gasteiger partial charge >= 0.3 is 0 Å². The van der Waals surface area contributed by atoms with Crippen LogP contribution < -0.4 is 5.32 Å². The molecule has 0 fully saturated rings. The van der Waals surface area contributed by atoms with E-state index in [4.69, 9.17) is 23.2 Å². The average molecular weight is 259 g/mol. The van der Waals surface area contributed by atoms with Crippen molar-refractivity contribution in [2.24, 2.45) is 0 Å². The van der Waals surface area contributed by atoms with E-state index in [9.17, 15) is 0 Å². The molecule has 5 heteroatoms. The Kier molecular flexibility index (Phi) is 3.14. The molecule has 15 heavy (non-hydrogen) atoms. The van der Waals surface area contributed by atoms with E-state index in [0.717, 1.165) is 10.6 Å². The van der Waals surface area contributed by atoms with Gasteiger partial charge in [-0.1, -0.05) is 29.3 Å². The van der Waals surface area contributed by atoms with Crippen molar-refractivity contribution >= 4 is 40.4 Å². The Hall–Kier alpha value is -0.770. The van der Waals surface area contributed by atoms with Gasteiger partial charge in [-0.2, -0.15) is 0 Å². The van der Waals surface area contributed by atoms with Crippen LogP contribution in [0.1, 0.15) is 0 Å². The first-order valence-corrected chi connectivity index (χ1v) is 5.93. The number of rotatable bonds is 2. The van der Waals surface area contributed by atoms with E-state index in [1.54, 1.807) is 24.5 Å². The molecular weight excluding hydrogens is 251 g/mol. The van der Waals surface area contributed by atoms with Crippen molar-refractivity contribution in [2.75, 3.05) is 12.4 Å². The van der Waals surface area contributed by atoms with Crippen molar-refractivity contribution in [1.29, 1.82) is 0 Å². The Morgan fingerprint density at radius 2 is 2.13 bits per heavy atom. The van der Waals surface area contributed by atoms with E-state index < -0.39 is 0 Å². The zero-order valence-corrected chi connectivity index (χ0v) is 10.2. The zero-order chi connectivity index (χ0) is 10.8. The third-order valence-electron chi connectivity index (χ3n) is 1.92. The second-order valence-corrected chi connectivity index (χ2v) is 4.64. The molecule has 0 bridgehead atoms. The quantitative estimate of drug-likeness (QED) is 0.875. The highest BCUT2D eigenvalue weighted by Crippen LogP contribution is 2.34. The minimum absolute atomic E-state index is 0.530. The lowest BCUT2D eigenvalue weighted by Gasteiger charge is -2.06. The van der Waals surface area contributed by atoms with Gasteiger partial charge in [0, 0.05) is 7.05 Å². The lowest BCUT2D eigenvalue weighted by atomic mass is 10.3. The Balaban J connectivity index is 2.57. The number of halogens is 2. The first-order valence-electron chi connectivity index (χ1n) is 4.30. The number of hydrogen-bond acceptors (Lipinski definition) is 3. The maximum Gasteiger partial charge on any atom is 0.145 e. The number of thiophene rings is 1. The fraction of sp³-hybridized carbons (Fsp3) is 0.100. The Labute approximate surface area is 102 Å². The van der Waals surface area contributed by atoms with Gasteiger partial charge < -0.3 is 5.32 Å². The fourth-order valence-corrected chi connectivity index (χ4v) is 2.57. The Morgan fingerprint density at radius 3 is 2.73 bits per heavy atom. The first-order chi connectivity index (χ1) is 7.22. The summed E-state index contributed by atoms with van der Waals surface area (Å²) in [6.45, 7) is 0. The van der Waals surface area contributed by atoms with Crippen LogP contribution in [0, 0.1) is 0 Å². The molecule has 0 aliphatic rings. The number of hydrogen-bond donors (Lipinski definition) is 1. The van der Waals surface area contributed by atoms with E-state index in [1.807, 2.05) is 17.5 Å². The van der Waals surface area contributed by atoms with Gasteiger partial charge in [0.1, 0.15) is 11.5 Å². The van der Waals surface area contributed by atoms with Crippen LogP contribution in [0.3, 0.4) is 0 Å². The molecule has 0 unspecified atom stereocenters. The zero-order valence-electron chi connectivity index (χ0n) is 7.92. The smallest absolute Gasteiger partial charge is 0.145 e. The summed E-state index contributed by atoms with van der Waals surface area (Å²) >= 11 is 13.6. The lowest BCUT2D eigenvalue weighted by Crippen LogP contribution is -1.95. The van der Waals surface area contributed by atoms with Crippen LogP contribution in [-0.4, -0.2) is 12.0 Å². The van der Waals surface area contributed by atoms with Crippen LogP contribution in [0.15, 0.2) is 23.6 Å². The molecule has 2 aromatic heterocycles. The molecule has 0 amide bonds. The predicted molar refractivity (Wildman–Crippen MR) is 67.1 cm³/mol. The van der Waals surface area contributed by atoms with Crippen LogP contribution in [0.5, 0.6) is 0 Å². The van der Waals surface area contributed by atoms with E-state index in [1.165, 1.54) is 0 Å². The van der Waals surface area contributed by atoms with E-state index in [-0.39, 0.29) is 0 Å². The Morgan fingerprint density at radius 1 is 1.33 bits per heavy atom. The minimum Gasteiger partial charge on any atom is -0.372 e. The average Bonchev–Trinajstić information content (AvgIpc) is 2.71. The maximum absolute atomic E-state index is 6.08. The summed E-state index contributed by atoms with van der Waals surface area (Å²) in [7, 11) is 1.78. The third kappa shape index (κ3) is 2.09. The van der Waals surface area contributed by atoms with Gasteiger partial charge in [0.05, 0.1) is 14.9 Å². The van der Waals surface area contributed by atoms with Crippen LogP contribution in [0.4, 0.5) is 5.82 Å². The summed E-state index contributed by atoms with van der Waals surface area (Å²) < 4.78 is 0. The van der Waals surface area contributed by atoms with Crippen molar-refractivity contribution in [3.63, 3.8) is 0 Å². The molecule has 0 atom stereocenters. The minimum atomic E-state index is 0.530. The molecule has 2 heterocycles. The summed E-state index contributed by atoms with van der Waals surface area (Å²) in [6, 6.07) is 5.65. The summed E-state index contributed by atoms with van der Waals surface area (Å²) in [5, 5.41) is 6.02. The van der Waals surface area contributed by atoms with Gasteiger partial charge in [-0.25, -0.2) is 4.98 Å². The molecule has 2 rings (SSSR count). The molecule has 0 spiro atoms. The molecule has 78 valence electrons. The number of nitrogens with zero attached hydrogens (tertiary/aromatic N) is 1. The van der Waals surface area contributed by atoms with Gasteiger partial charge in [0.15, 0.2) is 0 Å². The highest BCUT2D eigenvalue weighted by atomic mass is 35.5. The standard InChI is InChI=1S/C10H8Cl2N2S/c1-13-10-7(12)5-6(11)9(14-10)8-3-2-4-15-8/h2-5H,1H3,(H,13,14). The Bertz CT molecular complexity index is 469. The van der Waals surface area contributed by atoms with Crippen molar-refractivity contribution in [3.05, 3.63) is 33.6 Å². The molecule has 1 N–H and O–H groups in total. The van der Waals surface area contributed by atoms with E-state index >= 15 is 0 Å². The topological polar surface area (TPSA) is 24.9 Å². The highest BCUT2D eigenvalue weighted by molar-refractivity contribution is 7.13. The van der Waals surface area contributed by atoms with Crippen molar-refractivity contribution in [2.45, 2.75) is 0 Å². The number of pyridine rings is 1. The number of anilines is 1. The molecule has 0 saturated carbocycles. The SMILES string of the molecule is CNc1nc(-c2cccs2)c(Cl)cc1Cl. The predicted octanol–water partition coefficient (Wildman–Crippen LogP) is 4.16. The van der Waals surface area contributed by atoms with E-state index in [0.29, 0.717) is 15.9 Å². The van der Waals surface area contributed by atoms with Crippen LogP contribution >= 0.6 is 34.5 Å². The van der Waals surface area contributed by atoms with Crippen LogP contribution in [-0.2, 0) is 0 Å². The van der Waals surface area contributed by atoms with Gasteiger partial charge in [-0.3, -0.25) is 0 Å². The highest BCUT2D eigenvalue weighted by Gasteiger charge is 2.10. The van der Waals surface area contributed by atoms with Gasteiger partial charge in [0.25, 0.3) is 0 Å². The summed E-state index contributed by atoms with van der Waals surface area (Å²) in [4.78, 5) is 5.40. The maximum atomic E-state index is 6.08. The largest absolute Gasteiger partial charge is 0.372 e. The third-order valence-corrected chi connectivity index (χ3v) is 3.37. The molecular formula is C10H8Cl2N2S. The van der Waals surface area contributed by atoms with Crippen molar-refractivity contribution in [3.8, 4) is 10.6 Å². The molecule has 0 radical (unpaired) electrons. The molecule has 0 saturated heterocycles.